The van der Waals surface area contributed by atoms with Crippen molar-refractivity contribution in [3.63, 3.8) is 0 Å². The normalized spacial score (nSPS) is 18.6. The van der Waals surface area contributed by atoms with E-state index in [0.717, 1.165) is 19.3 Å². The Bertz CT molecular complexity index is 481. The Hall–Kier alpha value is -0.910. The number of hydrogen-bond acceptors (Lipinski definition) is 2. The van der Waals surface area contributed by atoms with Crippen LogP contribution in [0.3, 0.4) is 0 Å². The molecule has 4 nitrogen and oxygen atoms in total. The lowest BCUT2D eigenvalue weighted by Gasteiger charge is -2.20. The smallest absolute Gasteiger partial charge is 0.202 e. The highest BCUT2D eigenvalue weighted by molar-refractivity contribution is 7.87. The lowest BCUT2D eigenvalue weighted by Crippen LogP contribution is -2.40. The van der Waals surface area contributed by atoms with E-state index in [4.69, 9.17) is 0 Å². The summed E-state index contributed by atoms with van der Waals surface area (Å²) in [5, 5.41) is 0. The minimum Gasteiger partial charge on any atom is -0.202 e. The molecule has 1 aromatic carbocycles. The standard InChI is InChI=1S/C14H22N2O2S/c1-2-13(14-8-4-3-5-9-14)12-15-19(17,18)16-10-6-7-11-16/h3-5,8-9,13,15H,2,6-7,10-12H2,1H3. The summed E-state index contributed by atoms with van der Waals surface area (Å²) in [6.07, 6.45) is 2.86. The molecule has 19 heavy (non-hydrogen) atoms. The SMILES string of the molecule is CCC(CNS(=O)(=O)N1CCCC1)c1ccccc1. The molecule has 1 aromatic rings. The predicted octanol–water partition coefficient (Wildman–Crippen LogP) is 2.11. The monoisotopic (exact) mass is 282 g/mol. The van der Waals surface area contributed by atoms with Gasteiger partial charge in [-0.15, -0.1) is 0 Å². The maximum absolute atomic E-state index is 12.1. The Labute approximate surface area is 116 Å². The average Bonchev–Trinajstić information content (AvgIpc) is 2.95. The first-order chi connectivity index (χ1) is 9.13. The molecule has 0 amide bonds. The molecule has 1 aliphatic heterocycles. The van der Waals surface area contributed by atoms with Crippen molar-refractivity contribution in [2.24, 2.45) is 0 Å². The van der Waals surface area contributed by atoms with Crippen molar-refractivity contribution in [3.8, 4) is 0 Å². The molecule has 106 valence electrons. The molecule has 1 heterocycles. The Kier molecular flexibility index (Phi) is 4.96. The van der Waals surface area contributed by atoms with Gasteiger partial charge in [0.25, 0.3) is 10.2 Å². The van der Waals surface area contributed by atoms with Gasteiger partial charge in [-0.1, -0.05) is 37.3 Å². The second kappa shape index (κ2) is 6.50. The molecule has 0 aliphatic carbocycles. The van der Waals surface area contributed by atoms with E-state index in [0.29, 0.717) is 19.6 Å². The first-order valence-electron chi connectivity index (χ1n) is 6.93. The van der Waals surface area contributed by atoms with Crippen LogP contribution in [-0.2, 0) is 10.2 Å². The predicted molar refractivity (Wildman–Crippen MR) is 77.2 cm³/mol. The summed E-state index contributed by atoms with van der Waals surface area (Å²) in [6.45, 7) is 3.86. The van der Waals surface area contributed by atoms with Gasteiger partial charge < -0.3 is 0 Å². The van der Waals surface area contributed by atoms with E-state index in [-0.39, 0.29) is 5.92 Å². The maximum atomic E-state index is 12.1. The van der Waals surface area contributed by atoms with Crippen LogP contribution in [0.25, 0.3) is 0 Å². The van der Waals surface area contributed by atoms with Gasteiger partial charge in [0.05, 0.1) is 0 Å². The fraction of sp³-hybridized carbons (Fsp3) is 0.571. The fourth-order valence-corrected chi connectivity index (χ4v) is 3.78. The summed E-state index contributed by atoms with van der Waals surface area (Å²) in [4.78, 5) is 0. The summed E-state index contributed by atoms with van der Waals surface area (Å²) in [5.74, 6) is 0.235. The third-order valence-corrected chi connectivity index (χ3v) is 5.26. The molecular formula is C14H22N2O2S. The van der Waals surface area contributed by atoms with Crippen molar-refractivity contribution in [1.29, 1.82) is 0 Å². The zero-order valence-electron chi connectivity index (χ0n) is 11.4. The van der Waals surface area contributed by atoms with E-state index in [1.165, 1.54) is 5.56 Å². The van der Waals surface area contributed by atoms with E-state index >= 15 is 0 Å². The Morgan fingerprint density at radius 1 is 1.21 bits per heavy atom. The molecule has 0 bridgehead atoms. The average molecular weight is 282 g/mol. The molecule has 1 atom stereocenters. The van der Waals surface area contributed by atoms with Crippen LogP contribution in [0.15, 0.2) is 30.3 Å². The zero-order valence-corrected chi connectivity index (χ0v) is 12.2. The minimum absolute atomic E-state index is 0.235. The third kappa shape index (κ3) is 3.78. The molecule has 1 N–H and O–H groups in total. The van der Waals surface area contributed by atoms with Crippen molar-refractivity contribution < 1.29 is 8.42 Å². The molecule has 0 aromatic heterocycles. The topological polar surface area (TPSA) is 49.4 Å². The van der Waals surface area contributed by atoms with Gasteiger partial charge in [0.2, 0.25) is 0 Å². The number of nitrogens with one attached hydrogen (secondary N) is 1. The minimum atomic E-state index is -3.29. The molecule has 0 radical (unpaired) electrons. The van der Waals surface area contributed by atoms with E-state index in [9.17, 15) is 8.42 Å². The van der Waals surface area contributed by atoms with Gasteiger partial charge >= 0.3 is 0 Å². The quantitative estimate of drug-likeness (QED) is 0.869. The molecule has 0 saturated carbocycles. The number of hydrogen-bond donors (Lipinski definition) is 1. The van der Waals surface area contributed by atoms with E-state index in [1.807, 2.05) is 18.2 Å². The van der Waals surface area contributed by atoms with Crippen LogP contribution in [0.1, 0.15) is 37.7 Å². The van der Waals surface area contributed by atoms with Crippen LogP contribution < -0.4 is 4.72 Å². The van der Waals surface area contributed by atoms with Crippen molar-refractivity contribution in [2.45, 2.75) is 32.1 Å². The molecule has 2 rings (SSSR count). The van der Waals surface area contributed by atoms with Gasteiger partial charge in [-0.3, -0.25) is 0 Å². The second-order valence-electron chi connectivity index (χ2n) is 4.98. The van der Waals surface area contributed by atoms with E-state index in [1.54, 1.807) is 4.31 Å². The van der Waals surface area contributed by atoms with Gasteiger partial charge in [0, 0.05) is 19.6 Å². The molecule has 1 fully saturated rings. The lowest BCUT2D eigenvalue weighted by molar-refractivity contribution is 0.460. The molecular weight excluding hydrogens is 260 g/mol. The zero-order chi connectivity index (χ0) is 13.7. The Balaban J connectivity index is 1.96. The van der Waals surface area contributed by atoms with Gasteiger partial charge in [-0.2, -0.15) is 12.7 Å². The maximum Gasteiger partial charge on any atom is 0.279 e. The molecule has 1 saturated heterocycles. The highest BCUT2D eigenvalue weighted by Crippen LogP contribution is 2.19. The Morgan fingerprint density at radius 2 is 1.84 bits per heavy atom. The molecule has 1 unspecified atom stereocenters. The van der Waals surface area contributed by atoms with Crippen LogP contribution >= 0.6 is 0 Å². The first kappa shape index (κ1) is 14.5. The van der Waals surface area contributed by atoms with Crippen LogP contribution in [-0.4, -0.2) is 32.4 Å². The Morgan fingerprint density at radius 3 is 2.42 bits per heavy atom. The molecule has 1 aliphatic rings. The van der Waals surface area contributed by atoms with Crippen LogP contribution in [0.2, 0.25) is 0 Å². The van der Waals surface area contributed by atoms with Gasteiger partial charge in [-0.05, 0) is 30.7 Å². The van der Waals surface area contributed by atoms with Crippen LogP contribution in [0.4, 0.5) is 0 Å². The summed E-state index contributed by atoms with van der Waals surface area (Å²) >= 11 is 0. The summed E-state index contributed by atoms with van der Waals surface area (Å²) in [6, 6.07) is 10.1. The van der Waals surface area contributed by atoms with Gasteiger partial charge in [0.1, 0.15) is 0 Å². The number of nitrogens with zero attached hydrogens (tertiary/aromatic N) is 1. The van der Waals surface area contributed by atoms with Crippen molar-refractivity contribution >= 4 is 10.2 Å². The highest BCUT2D eigenvalue weighted by atomic mass is 32.2. The van der Waals surface area contributed by atoms with E-state index in [2.05, 4.69) is 23.8 Å². The molecule has 0 spiro atoms. The van der Waals surface area contributed by atoms with Crippen LogP contribution in [0.5, 0.6) is 0 Å². The summed E-state index contributed by atoms with van der Waals surface area (Å²) < 4.78 is 28.5. The van der Waals surface area contributed by atoms with Crippen molar-refractivity contribution in [3.05, 3.63) is 35.9 Å². The molecule has 5 heteroatoms. The second-order valence-corrected chi connectivity index (χ2v) is 6.73. The van der Waals surface area contributed by atoms with Gasteiger partial charge in [-0.25, -0.2) is 4.72 Å². The number of rotatable bonds is 6. The summed E-state index contributed by atoms with van der Waals surface area (Å²) in [7, 11) is -3.29. The largest absolute Gasteiger partial charge is 0.279 e. The van der Waals surface area contributed by atoms with Crippen molar-refractivity contribution in [2.75, 3.05) is 19.6 Å². The van der Waals surface area contributed by atoms with Crippen LogP contribution in [0, 0.1) is 0 Å². The summed E-state index contributed by atoms with van der Waals surface area (Å²) in [5.41, 5.74) is 1.19. The van der Waals surface area contributed by atoms with Crippen molar-refractivity contribution in [1.82, 2.24) is 9.03 Å². The first-order valence-corrected chi connectivity index (χ1v) is 8.37. The lowest BCUT2D eigenvalue weighted by atomic mass is 9.97. The third-order valence-electron chi connectivity index (χ3n) is 3.68. The van der Waals surface area contributed by atoms with Gasteiger partial charge in [0.15, 0.2) is 0 Å². The van der Waals surface area contributed by atoms with E-state index < -0.39 is 10.2 Å². The highest BCUT2D eigenvalue weighted by Gasteiger charge is 2.25. The fourth-order valence-electron chi connectivity index (χ4n) is 2.45. The number of benzene rings is 1.